The maximum atomic E-state index is 13.7. The lowest BCUT2D eigenvalue weighted by Gasteiger charge is -2.16. The largest absolute Gasteiger partial charge is 0.396 e. The number of carbonyl (C=O) groups is 2. The summed E-state index contributed by atoms with van der Waals surface area (Å²) >= 11 is 4.35. The summed E-state index contributed by atoms with van der Waals surface area (Å²) in [6.07, 6.45) is 3.48. The number of nitrogens with one attached hydrogen (secondary N) is 4. The maximum absolute atomic E-state index is 13.7. The summed E-state index contributed by atoms with van der Waals surface area (Å²) in [5.41, 5.74) is 6.69. The first-order chi connectivity index (χ1) is 25.6. The van der Waals surface area contributed by atoms with E-state index in [-0.39, 0.29) is 47.7 Å². The molecule has 2 fully saturated rings. The van der Waals surface area contributed by atoms with E-state index in [0.717, 1.165) is 68.2 Å². The average molecular weight is 977 g/mol. The van der Waals surface area contributed by atoms with E-state index in [4.69, 9.17) is 9.68 Å². The second-order valence-electron chi connectivity index (χ2n) is 13.4. The highest BCUT2D eigenvalue weighted by atomic mass is 127. The van der Waals surface area contributed by atoms with Crippen molar-refractivity contribution in [2.24, 2.45) is 5.41 Å². The topological polar surface area (TPSA) is 141 Å². The number of aliphatic hydroxyl groups excluding tert-OH is 1. The van der Waals surface area contributed by atoms with E-state index in [0.29, 0.717) is 17.8 Å². The molecule has 2 aliphatic rings. The molecule has 16 heteroatoms. The summed E-state index contributed by atoms with van der Waals surface area (Å²) in [7, 11) is 0. The number of halogens is 6. The van der Waals surface area contributed by atoms with Gasteiger partial charge in [0.1, 0.15) is 0 Å². The lowest BCUT2D eigenvalue weighted by Crippen LogP contribution is -2.29. The maximum Gasteiger partial charge on any atom is 0.277 e. The predicted octanol–water partition coefficient (Wildman–Crippen LogP) is 8.25. The molecule has 6 rings (SSSR count). The number of hydroxylamine groups is 2. The SMILES string of the molecule is Cc1cc(I)ccc1Nc1cc(F)c(F)cc1C(=O)NOCC1(CO)CC1.Cc1cc(I)ccc1Nc1cc(F)c(F)cc1C(=O)NOCCC1(O)CC1. The Morgan fingerprint density at radius 3 is 1.54 bits per heavy atom. The van der Waals surface area contributed by atoms with Crippen LogP contribution in [0, 0.1) is 49.7 Å². The average Bonchev–Trinajstić information content (AvgIpc) is 4.06. The zero-order chi connectivity index (χ0) is 39.2. The van der Waals surface area contributed by atoms with Crippen LogP contribution in [-0.2, 0) is 9.68 Å². The number of rotatable bonds is 14. The van der Waals surface area contributed by atoms with Crippen molar-refractivity contribution < 1.29 is 47.0 Å². The molecular formula is C38H38F4I2N4O6. The first kappa shape index (κ1) is 41.6. The molecule has 2 saturated carbocycles. The first-order valence-electron chi connectivity index (χ1n) is 16.8. The molecule has 4 aromatic carbocycles. The van der Waals surface area contributed by atoms with Crippen LogP contribution in [0.4, 0.5) is 40.3 Å². The third-order valence-electron chi connectivity index (χ3n) is 9.02. The Bertz CT molecular complexity index is 2030. The summed E-state index contributed by atoms with van der Waals surface area (Å²) in [4.78, 5) is 35.0. The van der Waals surface area contributed by atoms with E-state index in [1.54, 1.807) is 12.1 Å². The lowest BCUT2D eigenvalue weighted by molar-refractivity contribution is -0.0000447. The molecule has 0 bridgehead atoms. The predicted molar refractivity (Wildman–Crippen MR) is 211 cm³/mol. The third kappa shape index (κ3) is 11.2. The summed E-state index contributed by atoms with van der Waals surface area (Å²) < 4.78 is 56.9. The normalized spacial score (nSPS) is 14.7. The standard InChI is InChI=1S/2C19H19F2IN2O3/c1-11-6-12(22)2-3-16(11)23-17-8-15(21)14(20)7-13(17)18(26)24-27-10-19(9-25)4-5-19;1-11-8-12(22)2-3-16(11)23-17-10-15(21)14(20)9-13(17)18(25)24-27-7-6-19(26)4-5-19/h2-3,6-8,23,25H,4-5,9-10H2,1H3,(H,24,26);2-3,8-10,23,26H,4-7H2,1H3,(H,24,25). The zero-order valence-corrected chi connectivity index (χ0v) is 33.5. The van der Waals surface area contributed by atoms with Crippen LogP contribution < -0.4 is 21.6 Å². The van der Waals surface area contributed by atoms with Crippen molar-refractivity contribution in [3.8, 4) is 0 Å². The van der Waals surface area contributed by atoms with Crippen molar-refractivity contribution in [1.82, 2.24) is 11.0 Å². The van der Waals surface area contributed by atoms with Gasteiger partial charge in [-0.3, -0.25) is 19.3 Å². The van der Waals surface area contributed by atoms with Crippen LogP contribution in [0.1, 0.15) is 63.9 Å². The van der Waals surface area contributed by atoms with Gasteiger partial charge < -0.3 is 20.8 Å². The lowest BCUT2D eigenvalue weighted by atomic mass is 10.1. The Kier molecular flexibility index (Phi) is 13.8. The highest BCUT2D eigenvalue weighted by Gasteiger charge is 2.43. The van der Waals surface area contributed by atoms with Gasteiger partial charge in [-0.15, -0.1) is 0 Å². The summed E-state index contributed by atoms with van der Waals surface area (Å²) in [6.45, 7) is 4.02. The van der Waals surface area contributed by atoms with E-state index in [2.05, 4.69) is 66.8 Å². The van der Waals surface area contributed by atoms with Crippen LogP contribution >= 0.6 is 45.2 Å². The van der Waals surface area contributed by atoms with Crippen molar-refractivity contribution in [2.45, 2.75) is 51.6 Å². The van der Waals surface area contributed by atoms with Gasteiger partial charge in [0.2, 0.25) is 0 Å². The molecule has 54 heavy (non-hydrogen) atoms. The van der Waals surface area contributed by atoms with Gasteiger partial charge in [-0.2, -0.15) is 0 Å². The minimum atomic E-state index is -1.13. The van der Waals surface area contributed by atoms with Gasteiger partial charge >= 0.3 is 0 Å². The minimum Gasteiger partial charge on any atom is -0.396 e. The fourth-order valence-electron chi connectivity index (χ4n) is 5.14. The molecule has 0 spiro atoms. The Hall–Kier alpha value is -3.56. The number of aryl methyl sites for hydroxylation is 2. The fourth-order valence-corrected chi connectivity index (χ4v) is 6.44. The molecule has 0 saturated heterocycles. The summed E-state index contributed by atoms with van der Waals surface area (Å²) in [6, 6.07) is 14.7. The van der Waals surface area contributed by atoms with Crippen molar-refractivity contribution >= 4 is 79.7 Å². The van der Waals surface area contributed by atoms with Gasteiger partial charge in [-0.1, -0.05) is 0 Å². The smallest absolute Gasteiger partial charge is 0.277 e. The molecular weight excluding hydrogens is 938 g/mol. The zero-order valence-electron chi connectivity index (χ0n) is 29.2. The van der Waals surface area contributed by atoms with Crippen LogP contribution in [-0.4, -0.2) is 47.4 Å². The summed E-state index contributed by atoms with van der Waals surface area (Å²) in [5, 5.41) is 25.0. The monoisotopic (exact) mass is 976 g/mol. The van der Waals surface area contributed by atoms with Crippen molar-refractivity contribution in [3.05, 3.63) is 113 Å². The molecule has 0 radical (unpaired) electrons. The number of benzene rings is 4. The molecule has 0 atom stereocenters. The third-order valence-corrected chi connectivity index (χ3v) is 10.4. The number of hydrogen-bond acceptors (Lipinski definition) is 8. The molecule has 0 aliphatic heterocycles. The molecule has 288 valence electrons. The number of anilines is 4. The Morgan fingerprint density at radius 2 is 1.13 bits per heavy atom. The van der Waals surface area contributed by atoms with Gasteiger partial charge in [-0.25, -0.2) is 28.5 Å². The van der Waals surface area contributed by atoms with Gasteiger partial charge in [0.05, 0.1) is 47.9 Å². The molecule has 0 unspecified atom stereocenters. The number of carbonyl (C=O) groups excluding carboxylic acids is 2. The highest BCUT2D eigenvalue weighted by molar-refractivity contribution is 14.1. The van der Waals surface area contributed by atoms with E-state index < -0.39 is 40.7 Å². The van der Waals surface area contributed by atoms with Gasteiger partial charge in [0.15, 0.2) is 23.3 Å². The van der Waals surface area contributed by atoms with Crippen molar-refractivity contribution in [1.29, 1.82) is 0 Å². The molecule has 2 aliphatic carbocycles. The second-order valence-corrected chi connectivity index (χ2v) is 15.9. The van der Waals surface area contributed by atoms with E-state index in [1.807, 2.05) is 38.1 Å². The van der Waals surface area contributed by atoms with E-state index in [9.17, 15) is 37.4 Å². The Labute approximate surface area is 336 Å². The quantitative estimate of drug-likeness (QED) is 0.0322. The van der Waals surface area contributed by atoms with Crippen LogP contribution in [0.3, 0.4) is 0 Å². The van der Waals surface area contributed by atoms with Crippen LogP contribution in [0.2, 0.25) is 0 Å². The van der Waals surface area contributed by atoms with E-state index in [1.165, 1.54) is 0 Å². The van der Waals surface area contributed by atoms with Gasteiger partial charge in [-0.05, 0) is 144 Å². The van der Waals surface area contributed by atoms with E-state index >= 15 is 0 Å². The van der Waals surface area contributed by atoms with Crippen molar-refractivity contribution in [2.75, 3.05) is 30.5 Å². The summed E-state index contributed by atoms with van der Waals surface area (Å²) in [5.74, 6) is -5.78. The molecule has 0 aromatic heterocycles. The first-order valence-corrected chi connectivity index (χ1v) is 19.0. The molecule has 0 heterocycles. The Balaban J connectivity index is 0.000000208. The second kappa shape index (κ2) is 17.9. The fraction of sp³-hybridized carbons (Fsp3) is 0.316. The Morgan fingerprint density at radius 1 is 0.685 bits per heavy atom. The van der Waals surface area contributed by atoms with Crippen LogP contribution in [0.25, 0.3) is 0 Å². The molecule has 6 N–H and O–H groups in total. The molecule has 2 amide bonds. The minimum absolute atomic E-state index is 0.0209. The van der Waals surface area contributed by atoms with Gasteiger partial charge in [0, 0.05) is 42.5 Å². The highest BCUT2D eigenvalue weighted by Crippen LogP contribution is 2.45. The van der Waals surface area contributed by atoms with Crippen LogP contribution in [0.5, 0.6) is 0 Å². The number of hydrogen-bond donors (Lipinski definition) is 6. The molecule has 10 nitrogen and oxygen atoms in total. The number of amides is 2. The molecule has 4 aromatic rings. The van der Waals surface area contributed by atoms with Crippen LogP contribution in [0.15, 0.2) is 60.7 Å². The van der Waals surface area contributed by atoms with Crippen molar-refractivity contribution in [3.63, 3.8) is 0 Å². The number of aliphatic hydroxyl groups is 2. The van der Waals surface area contributed by atoms with Gasteiger partial charge in [0.25, 0.3) is 11.8 Å².